The standard InChI is InChI=1S/C22H23N3O5S2/c1-2-30-22(27)24-10-12-25(13-11-24)32(28,29)19-6-3-16(4-7-19)21(26)23-18-5-8-20-17(15-18)9-14-31-20/h3-9,14-15H,2,10-13H2,1H3,(H,23,26). The maximum absolute atomic E-state index is 13.0. The van der Waals surface area contributed by atoms with Crippen molar-refractivity contribution in [2.45, 2.75) is 11.8 Å². The van der Waals surface area contributed by atoms with Crippen molar-refractivity contribution in [3.63, 3.8) is 0 Å². The first-order valence-corrected chi connectivity index (χ1v) is 12.5. The summed E-state index contributed by atoms with van der Waals surface area (Å²) in [6.45, 7) is 2.92. The number of anilines is 1. The van der Waals surface area contributed by atoms with Crippen molar-refractivity contribution >= 4 is 49.1 Å². The molecule has 2 aromatic carbocycles. The van der Waals surface area contributed by atoms with Crippen LogP contribution >= 0.6 is 11.3 Å². The number of nitrogens with zero attached hydrogens (tertiary/aromatic N) is 2. The molecule has 168 valence electrons. The van der Waals surface area contributed by atoms with E-state index < -0.39 is 16.1 Å². The Morgan fingerprint density at radius 3 is 2.44 bits per heavy atom. The third-order valence-electron chi connectivity index (χ3n) is 5.23. The van der Waals surface area contributed by atoms with Crippen LogP contribution in [0.3, 0.4) is 0 Å². The summed E-state index contributed by atoms with van der Waals surface area (Å²) in [5.74, 6) is -0.313. The molecule has 0 bridgehead atoms. The van der Waals surface area contributed by atoms with E-state index in [1.54, 1.807) is 18.3 Å². The molecule has 0 atom stereocenters. The van der Waals surface area contributed by atoms with Crippen LogP contribution in [0.4, 0.5) is 10.5 Å². The third kappa shape index (κ3) is 4.62. The Labute approximate surface area is 190 Å². The molecule has 0 spiro atoms. The number of amides is 2. The van der Waals surface area contributed by atoms with Gasteiger partial charge in [0.15, 0.2) is 0 Å². The van der Waals surface area contributed by atoms with Crippen molar-refractivity contribution in [1.29, 1.82) is 0 Å². The van der Waals surface area contributed by atoms with Crippen LogP contribution < -0.4 is 5.32 Å². The molecule has 2 amide bonds. The topological polar surface area (TPSA) is 96.0 Å². The Kier molecular flexibility index (Phi) is 6.45. The number of rotatable bonds is 5. The van der Waals surface area contributed by atoms with Crippen LogP contribution in [0.1, 0.15) is 17.3 Å². The lowest BCUT2D eigenvalue weighted by molar-refractivity contribution is 0.0933. The quantitative estimate of drug-likeness (QED) is 0.611. The second kappa shape index (κ2) is 9.27. The van der Waals surface area contributed by atoms with Gasteiger partial charge in [0.1, 0.15) is 0 Å². The van der Waals surface area contributed by atoms with Gasteiger partial charge in [-0.15, -0.1) is 11.3 Å². The van der Waals surface area contributed by atoms with E-state index in [1.807, 2.05) is 29.6 Å². The molecule has 3 aromatic rings. The molecule has 1 aliphatic heterocycles. The van der Waals surface area contributed by atoms with E-state index >= 15 is 0 Å². The summed E-state index contributed by atoms with van der Waals surface area (Å²) < 4.78 is 33.3. The van der Waals surface area contributed by atoms with Gasteiger partial charge in [-0.25, -0.2) is 13.2 Å². The molecule has 4 rings (SSSR count). The summed E-state index contributed by atoms with van der Waals surface area (Å²) >= 11 is 1.63. The highest BCUT2D eigenvalue weighted by atomic mass is 32.2. The molecule has 10 heteroatoms. The molecule has 1 aliphatic rings. The molecular formula is C22H23N3O5S2. The van der Waals surface area contributed by atoms with Crippen molar-refractivity contribution in [2.75, 3.05) is 38.1 Å². The van der Waals surface area contributed by atoms with E-state index in [0.717, 1.165) is 10.1 Å². The predicted octanol–water partition coefficient (Wildman–Crippen LogP) is 3.62. The molecule has 32 heavy (non-hydrogen) atoms. The zero-order chi connectivity index (χ0) is 22.7. The van der Waals surface area contributed by atoms with Gasteiger partial charge in [0.25, 0.3) is 5.91 Å². The van der Waals surface area contributed by atoms with E-state index in [9.17, 15) is 18.0 Å². The smallest absolute Gasteiger partial charge is 0.409 e. The molecule has 0 unspecified atom stereocenters. The highest BCUT2D eigenvalue weighted by Gasteiger charge is 2.30. The highest BCUT2D eigenvalue weighted by Crippen LogP contribution is 2.24. The van der Waals surface area contributed by atoms with Crippen molar-refractivity contribution in [2.24, 2.45) is 0 Å². The molecule has 1 fully saturated rings. The largest absolute Gasteiger partial charge is 0.450 e. The van der Waals surface area contributed by atoms with Crippen LogP contribution in [-0.2, 0) is 14.8 Å². The number of benzene rings is 2. The summed E-state index contributed by atoms with van der Waals surface area (Å²) in [6, 6.07) is 13.5. The first kappa shape index (κ1) is 22.3. The Hall–Kier alpha value is -2.95. The second-order valence-electron chi connectivity index (χ2n) is 7.24. The summed E-state index contributed by atoms with van der Waals surface area (Å²) in [4.78, 5) is 26.0. The normalized spacial score (nSPS) is 15.0. The fourth-order valence-corrected chi connectivity index (χ4v) is 5.69. The highest BCUT2D eigenvalue weighted by molar-refractivity contribution is 7.89. The van der Waals surface area contributed by atoms with Gasteiger partial charge in [0.05, 0.1) is 11.5 Å². The van der Waals surface area contributed by atoms with E-state index in [4.69, 9.17) is 4.74 Å². The molecule has 0 saturated carbocycles. The van der Waals surface area contributed by atoms with Crippen LogP contribution in [0, 0.1) is 0 Å². The van der Waals surface area contributed by atoms with Gasteiger partial charge in [-0.2, -0.15) is 4.31 Å². The number of sulfonamides is 1. The zero-order valence-corrected chi connectivity index (χ0v) is 19.1. The average Bonchev–Trinajstić information content (AvgIpc) is 3.27. The SMILES string of the molecule is CCOC(=O)N1CCN(S(=O)(=O)c2ccc(C(=O)Nc3ccc4sccc4c3)cc2)CC1. The molecule has 2 heterocycles. The summed E-state index contributed by atoms with van der Waals surface area (Å²) in [7, 11) is -3.72. The fraction of sp³-hybridized carbons (Fsp3) is 0.273. The van der Waals surface area contributed by atoms with Crippen LogP contribution in [0.5, 0.6) is 0 Å². The van der Waals surface area contributed by atoms with E-state index in [0.29, 0.717) is 11.3 Å². The zero-order valence-electron chi connectivity index (χ0n) is 17.5. The number of fused-ring (bicyclic) bond motifs is 1. The number of thiophene rings is 1. The number of hydrogen-bond acceptors (Lipinski definition) is 6. The summed E-state index contributed by atoms with van der Waals surface area (Å²) in [5.41, 5.74) is 1.04. The lowest BCUT2D eigenvalue weighted by Crippen LogP contribution is -2.50. The van der Waals surface area contributed by atoms with E-state index in [2.05, 4.69) is 5.32 Å². The van der Waals surface area contributed by atoms with Gasteiger partial charge in [-0.1, -0.05) is 0 Å². The molecule has 0 radical (unpaired) electrons. The Morgan fingerprint density at radius 2 is 1.75 bits per heavy atom. The molecule has 1 aromatic heterocycles. The first-order chi connectivity index (χ1) is 15.4. The number of carbonyl (C=O) groups excluding carboxylic acids is 2. The van der Waals surface area contributed by atoms with Gasteiger partial charge in [0, 0.05) is 42.1 Å². The minimum Gasteiger partial charge on any atom is -0.450 e. The molecule has 8 nitrogen and oxygen atoms in total. The Bertz CT molecular complexity index is 1230. The number of piperazine rings is 1. The van der Waals surface area contributed by atoms with E-state index in [-0.39, 0.29) is 43.6 Å². The van der Waals surface area contributed by atoms with Gasteiger partial charge < -0.3 is 15.0 Å². The maximum Gasteiger partial charge on any atom is 0.409 e. The van der Waals surface area contributed by atoms with Crippen molar-refractivity contribution in [1.82, 2.24) is 9.21 Å². The van der Waals surface area contributed by atoms with Gasteiger partial charge >= 0.3 is 6.09 Å². The van der Waals surface area contributed by atoms with Crippen LogP contribution in [0.15, 0.2) is 58.8 Å². The minimum atomic E-state index is -3.72. The number of carbonyl (C=O) groups is 2. The van der Waals surface area contributed by atoms with E-state index in [1.165, 1.54) is 33.5 Å². The van der Waals surface area contributed by atoms with Crippen molar-refractivity contribution in [3.8, 4) is 0 Å². The van der Waals surface area contributed by atoms with Crippen LogP contribution in [0.25, 0.3) is 10.1 Å². The van der Waals surface area contributed by atoms with Gasteiger partial charge in [-0.05, 0) is 66.2 Å². The fourth-order valence-electron chi connectivity index (χ4n) is 3.50. The molecule has 0 aliphatic carbocycles. The third-order valence-corrected chi connectivity index (χ3v) is 8.04. The number of hydrogen-bond donors (Lipinski definition) is 1. The lowest BCUT2D eigenvalue weighted by Gasteiger charge is -2.33. The molecule has 1 N–H and O–H groups in total. The minimum absolute atomic E-state index is 0.110. The van der Waals surface area contributed by atoms with Crippen molar-refractivity contribution in [3.05, 3.63) is 59.5 Å². The second-order valence-corrected chi connectivity index (χ2v) is 10.1. The van der Waals surface area contributed by atoms with Crippen LogP contribution in [-0.4, -0.2) is 62.4 Å². The number of ether oxygens (including phenoxy) is 1. The molecule has 1 saturated heterocycles. The van der Waals surface area contributed by atoms with Gasteiger partial charge in [-0.3, -0.25) is 4.79 Å². The number of nitrogens with one attached hydrogen (secondary N) is 1. The Balaban J connectivity index is 1.41. The van der Waals surface area contributed by atoms with Crippen LogP contribution in [0.2, 0.25) is 0 Å². The average molecular weight is 474 g/mol. The maximum atomic E-state index is 13.0. The summed E-state index contributed by atoms with van der Waals surface area (Å²) in [5, 5.41) is 5.89. The lowest BCUT2D eigenvalue weighted by atomic mass is 10.2. The van der Waals surface area contributed by atoms with Crippen molar-refractivity contribution < 1.29 is 22.7 Å². The van der Waals surface area contributed by atoms with Gasteiger partial charge in [0.2, 0.25) is 10.0 Å². The predicted molar refractivity (Wildman–Crippen MR) is 124 cm³/mol. The summed E-state index contributed by atoms with van der Waals surface area (Å²) in [6.07, 6.45) is -0.432. The first-order valence-electron chi connectivity index (χ1n) is 10.2. The Morgan fingerprint density at radius 1 is 1.03 bits per heavy atom. The monoisotopic (exact) mass is 473 g/mol. The molecular weight excluding hydrogens is 450 g/mol.